The molecule has 6 nitrogen and oxygen atoms in total. The third-order valence-electron chi connectivity index (χ3n) is 4.25. The SMILES string of the molecule is Cc1nn(-c2ccccc2)nc1C(=O)N[C@@H]1CCOc2ccccc21. The Morgan fingerprint density at radius 3 is 2.72 bits per heavy atom. The van der Waals surface area contributed by atoms with Crippen LogP contribution in [0.25, 0.3) is 5.69 Å². The van der Waals surface area contributed by atoms with Gasteiger partial charge in [-0.1, -0.05) is 36.4 Å². The number of aryl methyl sites for hydroxylation is 1. The highest BCUT2D eigenvalue weighted by Crippen LogP contribution is 2.31. The van der Waals surface area contributed by atoms with Crippen LogP contribution in [0.2, 0.25) is 0 Å². The van der Waals surface area contributed by atoms with E-state index >= 15 is 0 Å². The van der Waals surface area contributed by atoms with E-state index in [0.29, 0.717) is 18.0 Å². The molecular weight excluding hydrogens is 316 g/mol. The van der Waals surface area contributed by atoms with Gasteiger partial charge in [-0.25, -0.2) is 0 Å². The summed E-state index contributed by atoms with van der Waals surface area (Å²) in [5, 5.41) is 11.8. The van der Waals surface area contributed by atoms with Crippen molar-refractivity contribution in [2.75, 3.05) is 6.61 Å². The average molecular weight is 334 g/mol. The van der Waals surface area contributed by atoms with Gasteiger partial charge in [0.2, 0.25) is 0 Å². The predicted octanol–water partition coefficient (Wildman–Crippen LogP) is 2.83. The van der Waals surface area contributed by atoms with Crippen LogP contribution >= 0.6 is 0 Å². The number of fused-ring (bicyclic) bond motifs is 1. The molecule has 2 aromatic carbocycles. The molecule has 1 aliphatic heterocycles. The first-order valence-corrected chi connectivity index (χ1v) is 8.24. The number of carbonyl (C=O) groups is 1. The van der Waals surface area contributed by atoms with Crippen LogP contribution in [0.3, 0.4) is 0 Å². The highest BCUT2D eigenvalue weighted by molar-refractivity contribution is 5.93. The van der Waals surface area contributed by atoms with Gasteiger partial charge in [0.05, 0.1) is 24.0 Å². The lowest BCUT2D eigenvalue weighted by atomic mass is 10.0. The topological polar surface area (TPSA) is 69.0 Å². The van der Waals surface area contributed by atoms with Crippen LogP contribution in [0.15, 0.2) is 54.6 Å². The summed E-state index contributed by atoms with van der Waals surface area (Å²) in [5.41, 5.74) is 2.76. The number of aromatic nitrogens is 3. The number of ether oxygens (including phenoxy) is 1. The molecule has 2 heterocycles. The van der Waals surface area contributed by atoms with Crippen molar-refractivity contribution >= 4 is 5.91 Å². The van der Waals surface area contributed by atoms with E-state index in [0.717, 1.165) is 23.4 Å². The summed E-state index contributed by atoms with van der Waals surface area (Å²) in [5.74, 6) is 0.602. The number of amides is 1. The molecule has 25 heavy (non-hydrogen) atoms. The van der Waals surface area contributed by atoms with Crippen LogP contribution < -0.4 is 10.1 Å². The highest BCUT2D eigenvalue weighted by Gasteiger charge is 2.25. The summed E-state index contributed by atoms with van der Waals surface area (Å²) in [4.78, 5) is 14.2. The van der Waals surface area contributed by atoms with Gasteiger partial charge in [-0.3, -0.25) is 4.79 Å². The minimum atomic E-state index is -0.221. The molecule has 0 unspecified atom stereocenters. The van der Waals surface area contributed by atoms with Crippen molar-refractivity contribution in [2.24, 2.45) is 0 Å². The minimum Gasteiger partial charge on any atom is -0.493 e. The van der Waals surface area contributed by atoms with Crippen LogP contribution in [-0.4, -0.2) is 27.5 Å². The van der Waals surface area contributed by atoms with E-state index in [4.69, 9.17) is 4.74 Å². The molecule has 0 fully saturated rings. The van der Waals surface area contributed by atoms with Crippen molar-refractivity contribution in [1.82, 2.24) is 20.3 Å². The van der Waals surface area contributed by atoms with E-state index in [2.05, 4.69) is 15.5 Å². The molecule has 126 valence electrons. The zero-order valence-electron chi connectivity index (χ0n) is 13.8. The zero-order valence-corrected chi connectivity index (χ0v) is 13.8. The van der Waals surface area contributed by atoms with E-state index < -0.39 is 0 Å². The summed E-state index contributed by atoms with van der Waals surface area (Å²) in [7, 11) is 0. The largest absolute Gasteiger partial charge is 0.493 e. The maximum atomic E-state index is 12.7. The van der Waals surface area contributed by atoms with E-state index in [1.165, 1.54) is 4.80 Å². The van der Waals surface area contributed by atoms with Crippen molar-refractivity contribution in [3.63, 3.8) is 0 Å². The van der Waals surface area contributed by atoms with Crippen molar-refractivity contribution in [1.29, 1.82) is 0 Å². The standard InChI is InChI=1S/C19H18N4O2/c1-13-18(22-23(21-13)14-7-3-2-4-8-14)19(24)20-16-11-12-25-17-10-6-5-9-15(16)17/h2-10,16H,11-12H2,1H3,(H,20,24)/t16-/m1/s1. The van der Waals surface area contributed by atoms with Crippen molar-refractivity contribution < 1.29 is 9.53 Å². The highest BCUT2D eigenvalue weighted by atomic mass is 16.5. The Bertz CT molecular complexity index is 905. The molecule has 6 heteroatoms. The molecule has 0 aliphatic carbocycles. The van der Waals surface area contributed by atoms with Gasteiger partial charge in [-0.15, -0.1) is 5.10 Å². The quantitative estimate of drug-likeness (QED) is 0.800. The summed E-state index contributed by atoms with van der Waals surface area (Å²) in [6.07, 6.45) is 0.731. The number of benzene rings is 2. The molecule has 0 bridgehead atoms. The Kier molecular flexibility index (Phi) is 3.93. The van der Waals surface area contributed by atoms with Crippen molar-refractivity contribution in [2.45, 2.75) is 19.4 Å². The van der Waals surface area contributed by atoms with Gasteiger partial charge in [0.15, 0.2) is 5.69 Å². The van der Waals surface area contributed by atoms with Gasteiger partial charge < -0.3 is 10.1 Å². The fourth-order valence-corrected chi connectivity index (χ4v) is 2.98. The lowest BCUT2D eigenvalue weighted by Gasteiger charge is -2.26. The van der Waals surface area contributed by atoms with Gasteiger partial charge in [-0.2, -0.15) is 9.90 Å². The minimum absolute atomic E-state index is 0.0845. The van der Waals surface area contributed by atoms with Gasteiger partial charge in [0, 0.05) is 12.0 Å². The second-order valence-electron chi connectivity index (χ2n) is 5.96. The molecule has 0 spiro atoms. The molecule has 0 saturated heterocycles. The molecule has 1 amide bonds. The second-order valence-corrected chi connectivity index (χ2v) is 5.96. The molecular formula is C19H18N4O2. The van der Waals surface area contributed by atoms with E-state index in [-0.39, 0.29) is 11.9 Å². The Balaban J connectivity index is 1.58. The Morgan fingerprint density at radius 2 is 1.88 bits per heavy atom. The summed E-state index contributed by atoms with van der Waals surface area (Å²) in [6.45, 7) is 2.37. The van der Waals surface area contributed by atoms with Crippen molar-refractivity contribution in [3.8, 4) is 11.4 Å². The molecule has 1 aromatic heterocycles. The average Bonchev–Trinajstić information content (AvgIpc) is 3.05. The Morgan fingerprint density at radius 1 is 1.12 bits per heavy atom. The van der Waals surface area contributed by atoms with Gasteiger partial charge >= 0.3 is 0 Å². The Hall–Kier alpha value is -3.15. The third kappa shape index (κ3) is 2.98. The van der Waals surface area contributed by atoms with Crippen LogP contribution in [-0.2, 0) is 0 Å². The van der Waals surface area contributed by atoms with Crippen LogP contribution in [0.1, 0.15) is 34.2 Å². The number of nitrogens with one attached hydrogen (secondary N) is 1. The van der Waals surface area contributed by atoms with Crippen molar-refractivity contribution in [3.05, 3.63) is 71.5 Å². The lowest BCUT2D eigenvalue weighted by Crippen LogP contribution is -2.32. The Labute approximate surface area is 145 Å². The molecule has 1 N–H and O–H groups in total. The number of para-hydroxylation sites is 2. The third-order valence-corrected chi connectivity index (χ3v) is 4.25. The summed E-state index contributed by atoms with van der Waals surface area (Å²) < 4.78 is 5.64. The fraction of sp³-hybridized carbons (Fsp3) is 0.211. The first-order valence-electron chi connectivity index (χ1n) is 8.24. The van der Waals surface area contributed by atoms with Gasteiger partial charge in [0.25, 0.3) is 5.91 Å². The number of rotatable bonds is 3. The number of nitrogens with zero attached hydrogens (tertiary/aromatic N) is 3. The smallest absolute Gasteiger partial charge is 0.274 e. The zero-order chi connectivity index (χ0) is 17.2. The summed E-state index contributed by atoms with van der Waals surface area (Å²) >= 11 is 0. The van der Waals surface area contributed by atoms with E-state index in [1.807, 2.05) is 54.6 Å². The molecule has 3 aromatic rings. The molecule has 0 radical (unpaired) electrons. The second kappa shape index (κ2) is 6.39. The molecule has 1 atom stereocenters. The van der Waals surface area contributed by atoms with E-state index in [9.17, 15) is 4.79 Å². The predicted molar refractivity (Wildman–Crippen MR) is 92.9 cm³/mol. The first-order chi connectivity index (χ1) is 12.2. The summed E-state index contributed by atoms with van der Waals surface area (Å²) in [6, 6.07) is 17.2. The monoisotopic (exact) mass is 334 g/mol. The normalized spacial score (nSPS) is 16.0. The van der Waals surface area contributed by atoms with Crippen LogP contribution in [0, 0.1) is 6.92 Å². The maximum Gasteiger partial charge on any atom is 0.274 e. The fourth-order valence-electron chi connectivity index (χ4n) is 2.98. The van der Waals surface area contributed by atoms with Gasteiger partial charge in [-0.05, 0) is 25.1 Å². The maximum absolute atomic E-state index is 12.7. The first kappa shape index (κ1) is 15.4. The van der Waals surface area contributed by atoms with E-state index in [1.54, 1.807) is 6.92 Å². The number of hydrogen-bond donors (Lipinski definition) is 1. The van der Waals surface area contributed by atoms with Crippen LogP contribution in [0.4, 0.5) is 0 Å². The number of carbonyl (C=O) groups excluding carboxylic acids is 1. The molecule has 0 saturated carbocycles. The van der Waals surface area contributed by atoms with Gasteiger partial charge in [0.1, 0.15) is 5.75 Å². The van der Waals surface area contributed by atoms with Crippen LogP contribution in [0.5, 0.6) is 5.75 Å². The number of hydrogen-bond acceptors (Lipinski definition) is 4. The molecule has 4 rings (SSSR count). The lowest BCUT2D eigenvalue weighted by molar-refractivity contribution is 0.0918. The molecule has 1 aliphatic rings.